The molecule has 0 bridgehead atoms. The fourth-order valence-corrected chi connectivity index (χ4v) is 3.73. The van der Waals surface area contributed by atoms with Gasteiger partial charge in [0.15, 0.2) is 0 Å². The lowest BCUT2D eigenvalue weighted by molar-refractivity contribution is 0.415. The van der Waals surface area contributed by atoms with Gasteiger partial charge in [-0.3, -0.25) is 0 Å². The molecule has 0 saturated heterocycles. The molecule has 0 fully saturated rings. The molecule has 2 aromatic carbocycles. The Morgan fingerprint density at radius 3 is 2.91 bits per heavy atom. The van der Waals surface area contributed by atoms with Gasteiger partial charge < -0.3 is 20.1 Å². The van der Waals surface area contributed by atoms with E-state index in [1.807, 2.05) is 24.3 Å². The number of hydrogen-bond donors (Lipinski definition) is 3. The third-order valence-electron chi connectivity index (χ3n) is 4.46. The SMILES string of the molecule is COc1ccc2[nH]c3c(c2c1)CCN[C@@H]3c1cc(Br)ccc1O. The first-order valence-electron chi connectivity index (χ1n) is 7.57. The van der Waals surface area contributed by atoms with Crippen LogP contribution in [0.15, 0.2) is 40.9 Å². The van der Waals surface area contributed by atoms with Crippen molar-refractivity contribution in [3.63, 3.8) is 0 Å². The van der Waals surface area contributed by atoms with Crippen LogP contribution in [0.1, 0.15) is 22.9 Å². The number of aromatic hydroxyl groups is 1. The minimum atomic E-state index is -0.0466. The van der Waals surface area contributed by atoms with Crippen LogP contribution in [0.4, 0.5) is 0 Å². The number of nitrogens with one attached hydrogen (secondary N) is 2. The maximum Gasteiger partial charge on any atom is 0.120 e. The van der Waals surface area contributed by atoms with Gasteiger partial charge in [-0.1, -0.05) is 15.9 Å². The second-order valence-electron chi connectivity index (χ2n) is 5.77. The Morgan fingerprint density at radius 2 is 2.09 bits per heavy atom. The summed E-state index contributed by atoms with van der Waals surface area (Å²) >= 11 is 3.49. The molecule has 118 valence electrons. The van der Waals surface area contributed by atoms with Crippen LogP contribution in [0, 0.1) is 0 Å². The van der Waals surface area contributed by atoms with Crippen molar-refractivity contribution in [3.8, 4) is 11.5 Å². The second kappa shape index (κ2) is 5.58. The largest absolute Gasteiger partial charge is 0.508 e. The van der Waals surface area contributed by atoms with Crippen molar-refractivity contribution in [2.24, 2.45) is 0 Å². The van der Waals surface area contributed by atoms with E-state index in [0.717, 1.165) is 40.0 Å². The monoisotopic (exact) mass is 372 g/mol. The Hall–Kier alpha value is -1.98. The highest BCUT2D eigenvalue weighted by Gasteiger charge is 2.27. The van der Waals surface area contributed by atoms with Crippen LogP contribution in [0.3, 0.4) is 0 Å². The van der Waals surface area contributed by atoms with Crippen molar-refractivity contribution in [2.45, 2.75) is 12.5 Å². The molecule has 1 atom stereocenters. The van der Waals surface area contributed by atoms with Gasteiger partial charge in [0, 0.05) is 33.2 Å². The number of aromatic nitrogens is 1. The van der Waals surface area contributed by atoms with Crippen LogP contribution >= 0.6 is 15.9 Å². The number of H-pyrrole nitrogens is 1. The van der Waals surface area contributed by atoms with Crippen LogP contribution in [0.5, 0.6) is 11.5 Å². The molecule has 2 heterocycles. The van der Waals surface area contributed by atoms with E-state index >= 15 is 0 Å². The van der Waals surface area contributed by atoms with Crippen molar-refractivity contribution in [2.75, 3.05) is 13.7 Å². The molecule has 3 N–H and O–H groups in total. The second-order valence-corrected chi connectivity index (χ2v) is 6.68. The number of benzene rings is 2. The van der Waals surface area contributed by atoms with Gasteiger partial charge in [-0.15, -0.1) is 0 Å². The molecule has 1 aliphatic heterocycles. The zero-order valence-corrected chi connectivity index (χ0v) is 14.3. The van der Waals surface area contributed by atoms with E-state index in [4.69, 9.17) is 4.74 Å². The average Bonchev–Trinajstić information content (AvgIpc) is 2.95. The molecular formula is C18H17BrN2O2. The van der Waals surface area contributed by atoms with Crippen LogP contribution in [-0.2, 0) is 6.42 Å². The molecule has 0 spiro atoms. The van der Waals surface area contributed by atoms with Crippen LogP contribution in [0.25, 0.3) is 10.9 Å². The van der Waals surface area contributed by atoms with E-state index in [9.17, 15) is 5.11 Å². The smallest absolute Gasteiger partial charge is 0.120 e. The van der Waals surface area contributed by atoms with E-state index in [2.05, 4.69) is 32.3 Å². The minimum absolute atomic E-state index is 0.0466. The summed E-state index contributed by atoms with van der Waals surface area (Å²) in [4.78, 5) is 3.52. The average molecular weight is 373 g/mol. The zero-order chi connectivity index (χ0) is 16.0. The highest BCUT2D eigenvalue weighted by Crippen LogP contribution is 2.38. The predicted molar refractivity (Wildman–Crippen MR) is 94.2 cm³/mol. The Bertz CT molecular complexity index is 888. The summed E-state index contributed by atoms with van der Waals surface area (Å²) in [6.45, 7) is 0.869. The van der Waals surface area contributed by atoms with Gasteiger partial charge in [0.1, 0.15) is 11.5 Å². The summed E-state index contributed by atoms with van der Waals surface area (Å²) < 4.78 is 6.31. The summed E-state index contributed by atoms with van der Waals surface area (Å²) in [5, 5.41) is 15.0. The third kappa shape index (κ3) is 2.40. The fraction of sp³-hybridized carbons (Fsp3) is 0.222. The van der Waals surface area contributed by atoms with E-state index in [-0.39, 0.29) is 6.04 Å². The van der Waals surface area contributed by atoms with Gasteiger partial charge in [-0.2, -0.15) is 0 Å². The number of fused-ring (bicyclic) bond motifs is 3. The number of halogens is 1. The van der Waals surface area contributed by atoms with Gasteiger partial charge in [0.2, 0.25) is 0 Å². The summed E-state index contributed by atoms with van der Waals surface area (Å²) in [7, 11) is 1.68. The fourth-order valence-electron chi connectivity index (χ4n) is 3.36. The number of ether oxygens (including phenoxy) is 1. The quantitative estimate of drug-likeness (QED) is 0.639. The molecule has 0 aliphatic carbocycles. The van der Waals surface area contributed by atoms with Crippen LogP contribution in [0.2, 0.25) is 0 Å². The lowest BCUT2D eigenvalue weighted by atomic mass is 9.94. The molecule has 4 nitrogen and oxygen atoms in total. The lowest BCUT2D eigenvalue weighted by Gasteiger charge is -2.25. The summed E-state index contributed by atoms with van der Waals surface area (Å²) in [5.74, 6) is 1.16. The van der Waals surface area contributed by atoms with E-state index in [0.29, 0.717) is 5.75 Å². The molecule has 23 heavy (non-hydrogen) atoms. The Morgan fingerprint density at radius 1 is 1.22 bits per heavy atom. The maximum absolute atomic E-state index is 10.3. The first-order chi connectivity index (χ1) is 11.2. The zero-order valence-electron chi connectivity index (χ0n) is 12.7. The summed E-state index contributed by atoms with van der Waals surface area (Å²) in [6, 6.07) is 11.6. The summed E-state index contributed by atoms with van der Waals surface area (Å²) in [5.41, 5.74) is 4.38. The number of phenolic OH excluding ortho intramolecular Hbond substituents is 1. The Balaban J connectivity index is 1.90. The van der Waals surface area contributed by atoms with E-state index < -0.39 is 0 Å². The molecular weight excluding hydrogens is 356 g/mol. The van der Waals surface area contributed by atoms with E-state index in [1.54, 1.807) is 13.2 Å². The molecule has 0 saturated carbocycles. The normalized spacial score (nSPS) is 17.2. The first kappa shape index (κ1) is 14.6. The summed E-state index contributed by atoms with van der Waals surface area (Å²) in [6.07, 6.45) is 0.952. The number of methoxy groups -OCH3 is 1. The van der Waals surface area contributed by atoms with Crippen molar-refractivity contribution in [1.82, 2.24) is 10.3 Å². The maximum atomic E-state index is 10.3. The van der Waals surface area contributed by atoms with Gasteiger partial charge in [0.25, 0.3) is 0 Å². The van der Waals surface area contributed by atoms with Crippen LogP contribution in [-0.4, -0.2) is 23.7 Å². The van der Waals surface area contributed by atoms with E-state index in [1.165, 1.54) is 10.9 Å². The number of hydrogen-bond acceptors (Lipinski definition) is 3. The molecule has 1 aromatic heterocycles. The van der Waals surface area contributed by atoms with Gasteiger partial charge in [-0.05, 0) is 48.4 Å². The Labute approximate surface area is 142 Å². The third-order valence-corrected chi connectivity index (χ3v) is 4.95. The topological polar surface area (TPSA) is 57.3 Å². The molecule has 4 rings (SSSR count). The van der Waals surface area contributed by atoms with Crippen molar-refractivity contribution in [1.29, 1.82) is 0 Å². The van der Waals surface area contributed by atoms with Crippen molar-refractivity contribution in [3.05, 3.63) is 57.7 Å². The Kier molecular flexibility index (Phi) is 3.54. The molecule has 0 amide bonds. The number of aromatic amines is 1. The van der Waals surface area contributed by atoms with Crippen LogP contribution < -0.4 is 10.1 Å². The van der Waals surface area contributed by atoms with Gasteiger partial charge in [-0.25, -0.2) is 0 Å². The number of phenols is 1. The molecule has 0 unspecified atom stereocenters. The molecule has 1 aliphatic rings. The molecule has 5 heteroatoms. The number of rotatable bonds is 2. The predicted octanol–water partition coefficient (Wildman–Crippen LogP) is 3.88. The molecule has 3 aromatic rings. The first-order valence-corrected chi connectivity index (χ1v) is 8.37. The minimum Gasteiger partial charge on any atom is -0.508 e. The highest BCUT2D eigenvalue weighted by molar-refractivity contribution is 9.10. The van der Waals surface area contributed by atoms with Crippen molar-refractivity contribution < 1.29 is 9.84 Å². The van der Waals surface area contributed by atoms with Gasteiger partial charge >= 0.3 is 0 Å². The van der Waals surface area contributed by atoms with Gasteiger partial charge in [0.05, 0.1) is 13.2 Å². The van der Waals surface area contributed by atoms with Crippen molar-refractivity contribution >= 4 is 26.8 Å². The lowest BCUT2D eigenvalue weighted by Crippen LogP contribution is -2.30. The highest BCUT2D eigenvalue weighted by atomic mass is 79.9. The standard InChI is InChI=1S/C18H17BrN2O2/c1-23-11-3-4-15-13(9-11)12-6-7-20-17(18(12)21-15)14-8-10(19)2-5-16(14)22/h2-5,8-9,17,20-22H,6-7H2,1H3/t17-/m1/s1. The molecule has 0 radical (unpaired) electrons.